The summed E-state index contributed by atoms with van der Waals surface area (Å²) in [6.07, 6.45) is 5.46. The molecule has 0 saturated heterocycles. The molecule has 1 aromatic heterocycles. The summed E-state index contributed by atoms with van der Waals surface area (Å²) < 4.78 is 1.39. The SMILES string of the molecule is CCCCCCC(=O)NN=Cc1c(O)n(-c2ccccc2)c(=S)[nH]c1=O. The second-order valence-electron chi connectivity index (χ2n) is 5.77. The number of nitrogens with one attached hydrogen (secondary N) is 2. The van der Waals surface area contributed by atoms with Gasteiger partial charge in [-0.05, 0) is 30.8 Å². The lowest BCUT2D eigenvalue weighted by Gasteiger charge is -2.10. The molecule has 1 amide bonds. The Morgan fingerprint density at radius 3 is 2.73 bits per heavy atom. The van der Waals surface area contributed by atoms with Gasteiger partial charge in [0.05, 0.1) is 11.9 Å². The number of aromatic amines is 1. The number of hydrogen-bond donors (Lipinski definition) is 3. The van der Waals surface area contributed by atoms with Crippen LogP contribution in [0.5, 0.6) is 5.88 Å². The van der Waals surface area contributed by atoms with Crippen molar-refractivity contribution in [2.45, 2.75) is 39.0 Å². The van der Waals surface area contributed by atoms with Gasteiger partial charge in [-0.2, -0.15) is 5.10 Å². The third-order valence-electron chi connectivity index (χ3n) is 3.78. The van der Waals surface area contributed by atoms with Crippen LogP contribution in [0.2, 0.25) is 0 Å². The topological polar surface area (TPSA) is 99.5 Å². The molecule has 3 N–H and O–H groups in total. The molecule has 0 saturated carbocycles. The lowest BCUT2D eigenvalue weighted by molar-refractivity contribution is -0.121. The fourth-order valence-electron chi connectivity index (χ4n) is 2.41. The Labute approximate surface area is 156 Å². The fourth-order valence-corrected chi connectivity index (χ4v) is 2.69. The van der Waals surface area contributed by atoms with Crippen molar-refractivity contribution >= 4 is 24.3 Å². The van der Waals surface area contributed by atoms with Crippen molar-refractivity contribution in [3.63, 3.8) is 0 Å². The number of aromatic hydroxyl groups is 1. The molecule has 2 aromatic rings. The summed E-state index contributed by atoms with van der Waals surface area (Å²) in [5.74, 6) is -0.574. The van der Waals surface area contributed by atoms with Gasteiger partial charge in [0.1, 0.15) is 5.56 Å². The molecule has 1 aromatic carbocycles. The van der Waals surface area contributed by atoms with E-state index >= 15 is 0 Å². The maximum atomic E-state index is 12.1. The van der Waals surface area contributed by atoms with E-state index in [0.717, 1.165) is 31.9 Å². The number of hydrogen-bond acceptors (Lipinski definition) is 5. The Balaban J connectivity index is 2.16. The zero-order valence-corrected chi connectivity index (χ0v) is 15.4. The normalized spacial score (nSPS) is 11.0. The van der Waals surface area contributed by atoms with Gasteiger partial charge in [0.25, 0.3) is 5.56 Å². The van der Waals surface area contributed by atoms with Gasteiger partial charge in [-0.25, -0.2) is 5.43 Å². The quantitative estimate of drug-likeness (QED) is 0.286. The Kier molecular flexibility index (Phi) is 7.28. The Hall–Kier alpha value is -2.74. The monoisotopic (exact) mass is 374 g/mol. The third-order valence-corrected chi connectivity index (χ3v) is 4.06. The number of hydrazone groups is 1. The first-order chi connectivity index (χ1) is 12.5. The molecule has 26 heavy (non-hydrogen) atoms. The minimum Gasteiger partial charge on any atom is -0.494 e. The first kappa shape index (κ1) is 19.6. The molecule has 1 heterocycles. The molecule has 8 heteroatoms. The van der Waals surface area contributed by atoms with Gasteiger partial charge in [-0.1, -0.05) is 44.4 Å². The molecule has 0 radical (unpaired) electrons. The molecule has 0 atom stereocenters. The van der Waals surface area contributed by atoms with Crippen LogP contribution in [0.1, 0.15) is 44.6 Å². The van der Waals surface area contributed by atoms with Crippen molar-refractivity contribution in [1.82, 2.24) is 15.0 Å². The number of para-hydroxylation sites is 1. The van der Waals surface area contributed by atoms with Crippen LogP contribution < -0.4 is 11.0 Å². The summed E-state index contributed by atoms with van der Waals surface area (Å²) >= 11 is 5.13. The maximum Gasteiger partial charge on any atom is 0.264 e. The van der Waals surface area contributed by atoms with E-state index in [-0.39, 0.29) is 22.1 Å². The number of unbranched alkanes of at least 4 members (excludes halogenated alkanes) is 3. The Bertz CT molecular complexity index is 888. The van der Waals surface area contributed by atoms with Crippen LogP contribution in [-0.4, -0.2) is 26.8 Å². The van der Waals surface area contributed by atoms with Crippen LogP contribution >= 0.6 is 12.2 Å². The van der Waals surface area contributed by atoms with E-state index in [1.165, 1.54) is 4.57 Å². The van der Waals surface area contributed by atoms with Gasteiger partial charge in [0.15, 0.2) is 4.77 Å². The molecule has 0 aliphatic rings. The highest BCUT2D eigenvalue weighted by atomic mass is 32.1. The molecule has 0 bridgehead atoms. The van der Waals surface area contributed by atoms with Crippen molar-refractivity contribution in [2.75, 3.05) is 0 Å². The standard InChI is InChI=1S/C18H22N4O3S/c1-2-3-4-8-11-15(23)21-19-12-14-16(24)20-18(26)22(17(14)25)13-9-6-5-7-10-13/h5-7,9-10,12,25H,2-4,8,11H2,1H3,(H,21,23)(H,20,24,26). The van der Waals surface area contributed by atoms with Crippen LogP contribution in [-0.2, 0) is 4.79 Å². The van der Waals surface area contributed by atoms with Crippen LogP contribution in [0.4, 0.5) is 0 Å². The summed E-state index contributed by atoms with van der Waals surface area (Å²) in [4.78, 5) is 26.3. The minimum absolute atomic E-state index is 0.0656. The van der Waals surface area contributed by atoms with Crippen LogP contribution in [0.15, 0.2) is 40.2 Å². The molecule has 0 fully saturated rings. The first-order valence-electron chi connectivity index (χ1n) is 8.50. The Morgan fingerprint density at radius 2 is 2.04 bits per heavy atom. The summed E-state index contributed by atoms with van der Waals surface area (Å²) in [5, 5.41) is 14.2. The number of carbonyl (C=O) groups excluding carboxylic acids is 1. The summed E-state index contributed by atoms with van der Waals surface area (Å²) in [5.41, 5.74) is 2.29. The number of H-pyrrole nitrogens is 1. The van der Waals surface area contributed by atoms with Gasteiger partial charge in [-0.3, -0.25) is 19.1 Å². The van der Waals surface area contributed by atoms with E-state index in [4.69, 9.17) is 12.2 Å². The van der Waals surface area contributed by atoms with Crippen molar-refractivity contribution in [1.29, 1.82) is 0 Å². The van der Waals surface area contributed by atoms with Crippen LogP contribution in [0, 0.1) is 4.77 Å². The van der Waals surface area contributed by atoms with E-state index in [0.29, 0.717) is 12.1 Å². The zero-order valence-electron chi connectivity index (χ0n) is 14.6. The highest BCUT2D eigenvalue weighted by Crippen LogP contribution is 2.18. The zero-order chi connectivity index (χ0) is 18.9. The molecule has 0 aliphatic carbocycles. The number of benzene rings is 1. The van der Waals surface area contributed by atoms with E-state index < -0.39 is 5.56 Å². The molecular formula is C18H22N4O3S. The van der Waals surface area contributed by atoms with Crippen molar-refractivity contribution in [3.05, 3.63) is 51.0 Å². The summed E-state index contributed by atoms with van der Waals surface area (Å²) in [7, 11) is 0. The molecule has 2 rings (SSSR count). The van der Waals surface area contributed by atoms with Gasteiger partial charge >= 0.3 is 0 Å². The number of nitrogens with zero attached hydrogens (tertiary/aromatic N) is 2. The highest BCUT2D eigenvalue weighted by molar-refractivity contribution is 7.71. The van der Waals surface area contributed by atoms with Crippen LogP contribution in [0.3, 0.4) is 0 Å². The van der Waals surface area contributed by atoms with Crippen molar-refractivity contribution < 1.29 is 9.90 Å². The van der Waals surface area contributed by atoms with Gasteiger partial charge in [0, 0.05) is 6.42 Å². The maximum absolute atomic E-state index is 12.1. The smallest absolute Gasteiger partial charge is 0.264 e. The number of carbonyl (C=O) groups is 1. The summed E-state index contributed by atoms with van der Waals surface area (Å²) in [6.45, 7) is 2.10. The Morgan fingerprint density at radius 1 is 1.31 bits per heavy atom. The van der Waals surface area contributed by atoms with E-state index in [2.05, 4.69) is 22.4 Å². The number of amides is 1. The lowest BCUT2D eigenvalue weighted by atomic mass is 10.1. The van der Waals surface area contributed by atoms with E-state index in [1.54, 1.807) is 24.3 Å². The third kappa shape index (κ3) is 5.13. The molecule has 0 unspecified atom stereocenters. The second-order valence-corrected chi connectivity index (χ2v) is 6.16. The van der Waals surface area contributed by atoms with Crippen molar-refractivity contribution in [2.24, 2.45) is 5.10 Å². The molecule has 7 nitrogen and oxygen atoms in total. The second kappa shape index (κ2) is 9.67. The predicted molar refractivity (Wildman–Crippen MR) is 103 cm³/mol. The molecular weight excluding hydrogens is 352 g/mol. The van der Waals surface area contributed by atoms with Crippen LogP contribution in [0.25, 0.3) is 5.69 Å². The summed E-state index contributed by atoms with van der Waals surface area (Å²) in [6, 6.07) is 8.89. The first-order valence-corrected chi connectivity index (χ1v) is 8.91. The largest absolute Gasteiger partial charge is 0.494 e. The average molecular weight is 374 g/mol. The van der Waals surface area contributed by atoms with Gasteiger partial charge < -0.3 is 5.11 Å². The van der Waals surface area contributed by atoms with E-state index in [1.807, 2.05) is 6.07 Å². The highest BCUT2D eigenvalue weighted by Gasteiger charge is 2.12. The van der Waals surface area contributed by atoms with Gasteiger partial charge in [-0.15, -0.1) is 0 Å². The predicted octanol–water partition coefficient (Wildman–Crippen LogP) is 3.02. The molecule has 138 valence electrons. The minimum atomic E-state index is -0.583. The molecule has 0 spiro atoms. The average Bonchev–Trinajstić information content (AvgIpc) is 2.62. The molecule has 0 aliphatic heterocycles. The van der Waals surface area contributed by atoms with Crippen molar-refractivity contribution in [3.8, 4) is 11.6 Å². The fraction of sp³-hybridized carbons (Fsp3) is 0.333. The van der Waals surface area contributed by atoms with Gasteiger partial charge in [0.2, 0.25) is 11.8 Å². The number of rotatable bonds is 8. The lowest BCUT2D eigenvalue weighted by Crippen LogP contribution is -2.21. The number of aromatic nitrogens is 2. The van der Waals surface area contributed by atoms with E-state index in [9.17, 15) is 14.7 Å².